The van der Waals surface area contributed by atoms with Gasteiger partial charge in [0.15, 0.2) is 0 Å². The normalized spacial score (nSPS) is 14.4. The Balaban J connectivity index is 2.82. The molecule has 0 bridgehead atoms. The van der Waals surface area contributed by atoms with E-state index in [2.05, 4.69) is 26.3 Å². The third kappa shape index (κ3) is 3.85. The summed E-state index contributed by atoms with van der Waals surface area (Å²) < 4.78 is 12.1. The van der Waals surface area contributed by atoms with E-state index in [9.17, 15) is 9.90 Å². The van der Waals surface area contributed by atoms with E-state index in [-0.39, 0.29) is 5.56 Å². The Morgan fingerprint density at radius 3 is 2.19 bits per heavy atom. The lowest BCUT2D eigenvalue weighted by Crippen LogP contribution is -2.40. The van der Waals surface area contributed by atoms with Crippen LogP contribution in [0, 0.1) is 0 Å². The van der Waals surface area contributed by atoms with E-state index in [0.717, 1.165) is 11.1 Å². The molecule has 0 aliphatic carbocycles. The number of carbonyl (C=O) groups is 1. The summed E-state index contributed by atoms with van der Waals surface area (Å²) in [5, 5.41) is 9.89. The van der Waals surface area contributed by atoms with Gasteiger partial charge in [0.05, 0.1) is 7.11 Å². The van der Waals surface area contributed by atoms with Crippen molar-refractivity contribution in [2.24, 2.45) is 0 Å². The van der Waals surface area contributed by atoms with Gasteiger partial charge in [-0.2, -0.15) is 0 Å². The molecular weight excluding hydrogens is 340 g/mol. The minimum Gasteiger partial charge on any atom is -0.496 e. The Labute approximate surface area is 161 Å². The molecule has 0 fully saturated rings. The average molecular weight is 368 g/mol. The zero-order valence-corrected chi connectivity index (χ0v) is 16.1. The number of hydrogen-bond donors (Lipinski definition) is 1. The Bertz CT molecular complexity index is 763. The molecule has 1 aromatic carbocycles. The van der Waals surface area contributed by atoms with Gasteiger partial charge < -0.3 is 14.6 Å². The molecule has 2 rings (SSSR count). The third-order valence-corrected chi connectivity index (χ3v) is 5.01. The molecule has 1 aliphatic heterocycles. The summed E-state index contributed by atoms with van der Waals surface area (Å²) in [7, 11) is 1.50. The summed E-state index contributed by atoms with van der Waals surface area (Å²) in [6.07, 6.45) is 10.9. The van der Waals surface area contributed by atoms with Crippen LogP contribution >= 0.6 is 0 Å². The topological polar surface area (TPSA) is 55.8 Å². The second-order valence-electron chi connectivity index (χ2n) is 6.73. The fourth-order valence-electron chi connectivity index (χ4n) is 3.91. The van der Waals surface area contributed by atoms with Gasteiger partial charge in [0.1, 0.15) is 22.7 Å². The van der Waals surface area contributed by atoms with Crippen molar-refractivity contribution in [2.75, 3.05) is 7.11 Å². The van der Waals surface area contributed by atoms with E-state index in [1.165, 1.54) is 7.11 Å². The first-order valence-corrected chi connectivity index (χ1v) is 9.09. The van der Waals surface area contributed by atoms with Crippen LogP contribution in [0.4, 0.5) is 0 Å². The van der Waals surface area contributed by atoms with Crippen molar-refractivity contribution < 1.29 is 19.4 Å². The summed E-state index contributed by atoms with van der Waals surface area (Å²) in [5.41, 5.74) is 2.12. The maximum absolute atomic E-state index is 12.1. The van der Waals surface area contributed by atoms with Gasteiger partial charge in [-0.25, -0.2) is 4.79 Å². The molecule has 27 heavy (non-hydrogen) atoms. The molecule has 0 aromatic heterocycles. The van der Waals surface area contributed by atoms with Crippen molar-refractivity contribution in [3.05, 3.63) is 72.9 Å². The summed E-state index contributed by atoms with van der Waals surface area (Å²) in [5.74, 6) is 0.0172. The average Bonchev–Trinajstić information content (AvgIpc) is 2.63. The maximum atomic E-state index is 12.1. The number of hydrogen-bond acceptors (Lipinski definition) is 3. The third-order valence-electron chi connectivity index (χ3n) is 5.01. The molecule has 1 heterocycles. The van der Waals surface area contributed by atoms with Gasteiger partial charge in [0.2, 0.25) is 0 Å². The van der Waals surface area contributed by atoms with Crippen molar-refractivity contribution in [1.29, 1.82) is 0 Å². The van der Waals surface area contributed by atoms with Crippen molar-refractivity contribution in [3.63, 3.8) is 0 Å². The fourth-order valence-corrected chi connectivity index (χ4v) is 3.91. The Kier molecular flexibility index (Phi) is 6.67. The minimum absolute atomic E-state index is 0.183. The van der Waals surface area contributed by atoms with Crippen molar-refractivity contribution in [2.45, 2.75) is 44.1 Å². The molecule has 144 valence electrons. The number of methoxy groups -OCH3 is 1. The molecule has 1 N–H and O–H groups in total. The van der Waals surface area contributed by atoms with Gasteiger partial charge in [-0.1, -0.05) is 24.3 Å². The Morgan fingerprint density at radius 1 is 1.11 bits per heavy atom. The molecule has 0 saturated heterocycles. The van der Waals surface area contributed by atoms with Crippen molar-refractivity contribution in [3.8, 4) is 11.5 Å². The number of rotatable bonds is 10. The van der Waals surface area contributed by atoms with E-state index in [0.29, 0.717) is 55.6 Å². The van der Waals surface area contributed by atoms with Gasteiger partial charge in [-0.15, -0.1) is 26.3 Å². The number of benzene rings is 1. The number of ether oxygens (including phenoxy) is 2. The lowest BCUT2D eigenvalue weighted by atomic mass is 9.81. The highest BCUT2D eigenvalue weighted by molar-refractivity contribution is 5.95. The predicted molar refractivity (Wildman–Crippen MR) is 109 cm³/mol. The monoisotopic (exact) mass is 368 g/mol. The van der Waals surface area contributed by atoms with E-state index >= 15 is 0 Å². The van der Waals surface area contributed by atoms with Crippen LogP contribution in [0.3, 0.4) is 0 Å². The van der Waals surface area contributed by atoms with Gasteiger partial charge >= 0.3 is 5.97 Å². The quantitative estimate of drug-likeness (QED) is 0.586. The standard InChI is InChI=1S/C23H28O4/c1-6-10-16-17(11-7-2)21(26-5)19(22(24)25)18-12-15-23(13-8-3,14-9-4)27-20(16)18/h6-9H,1-4,10-15H2,5H3,(H,24,25). The molecule has 0 atom stereocenters. The first kappa shape index (κ1) is 20.6. The summed E-state index contributed by atoms with van der Waals surface area (Å²) in [4.78, 5) is 12.1. The highest BCUT2D eigenvalue weighted by atomic mass is 16.5. The van der Waals surface area contributed by atoms with Crippen LogP contribution in [0.25, 0.3) is 0 Å². The van der Waals surface area contributed by atoms with Crippen molar-refractivity contribution >= 4 is 5.97 Å². The second kappa shape index (κ2) is 8.76. The number of aromatic carboxylic acids is 1. The fraction of sp³-hybridized carbons (Fsp3) is 0.348. The van der Waals surface area contributed by atoms with Crippen LogP contribution in [0.5, 0.6) is 11.5 Å². The van der Waals surface area contributed by atoms with E-state index < -0.39 is 11.6 Å². The van der Waals surface area contributed by atoms with Crippen molar-refractivity contribution in [1.82, 2.24) is 0 Å². The maximum Gasteiger partial charge on any atom is 0.339 e. The molecule has 0 amide bonds. The number of fused-ring (bicyclic) bond motifs is 1. The van der Waals surface area contributed by atoms with Gasteiger partial charge in [-0.3, -0.25) is 0 Å². The zero-order valence-electron chi connectivity index (χ0n) is 16.1. The Hall–Kier alpha value is -2.75. The van der Waals surface area contributed by atoms with Crippen LogP contribution < -0.4 is 9.47 Å². The largest absolute Gasteiger partial charge is 0.496 e. The summed E-state index contributed by atoms with van der Waals surface area (Å²) >= 11 is 0. The molecule has 0 spiro atoms. The first-order chi connectivity index (χ1) is 13.0. The molecular formula is C23H28O4. The highest BCUT2D eigenvalue weighted by Crippen LogP contribution is 2.47. The molecule has 1 aliphatic rings. The minimum atomic E-state index is -1.01. The lowest BCUT2D eigenvalue weighted by Gasteiger charge is -2.40. The molecule has 0 radical (unpaired) electrons. The lowest BCUT2D eigenvalue weighted by molar-refractivity contribution is 0.0488. The van der Waals surface area contributed by atoms with Crippen LogP contribution in [-0.4, -0.2) is 23.8 Å². The smallest absolute Gasteiger partial charge is 0.339 e. The molecule has 0 unspecified atom stereocenters. The SMILES string of the molecule is C=CCc1c(CC=C)c(OC)c(C(=O)O)c2c1OC(CC=C)(CC=C)CC2. The summed E-state index contributed by atoms with van der Waals surface area (Å²) in [6.45, 7) is 15.4. The van der Waals surface area contributed by atoms with Gasteiger partial charge in [0, 0.05) is 29.5 Å². The number of carboxylic acid groups (broad SMARTS) is 1. The van der Waals surface area contributed by atoms with E-state index in [1.54, 1.807) is 12.2 Å². The first-order valence-electron chi connectivity index (χ1n) is 9.09. The van der Waals surface area contributed by atoms with E-state index in [1.807, 2.05) is 12.2 Å². The number of carboxylic acids is 1. The second-order valence-corrected chi connectivity index (χ2v) is 6.73. The van der Waals surface area contributed by atoms with Crippen LogP contribution in [0.2, 0.25) is 0 Å². The molecule has 4 nitrogen and oxygen atoms in total. The molecule has 4 heteroatoms. The van der Waals surface area contributed by atoms with Crippen LogP contribution in [0.15, 0.2) is 50.6 Å². The summed E-state index contributed by atoms with van der Waals surface area (Å²) in [6, 6.07) is 0. The zero-order chi connectivity index (χ0) is 20.0. The number of allylic oxidation sites excluding steroid dienone is 2. The highest BCUT2D eigenvalue weighted by Gasteiger charge is 2.39. The van der Waals surface area contributed by atoms with Crippen LogP contribution in [0.1, 0.15) is 46.3 Å². The Morgan fingerprint density at radius 2 is 1.70 bits per heavy atom. The molecule has 0 saturated carbocycles. The van der Waals surface area contributed by atoms with Gasteiger partial charge in [0.25, 0.3) is 0 Å². The van der Waals surface area contributed by atoms with Gasteiger partial charge in [-0.05, 0) is 25.7 Å². The van der Waals surface area contributed by atoms with E-state index in [4.69, 9.17) is 9.47 Å². The predicted octanol–water partition coefficient (Wildman–Crippen LogP) is 5.07. The molecule has 1 aromatic rings. The van der Waals surface area contributed by atoms with Crippen LogP contribution in [-0.2, 0) is 19.3 Å².